The van der Waals surface area contributed by atoms with E-state index in [0.717, 1.165) is 41.0 Å². The lowest BCUT2D eigenvalue weighted by atomic mass is 10.1. The first-order valence-corrected chi connectivity index (χ1v) is 13.9. The Hall–Kier alpha value is -3.52. The second-order valence-corrected chi connectivity index (χ2v) is 11.0. The molecule has 0 bridgehead atoms. The first kappa shape index (κ1) is 27.5. The molecule has 1 fully saturated rings. The highest BCUT2D eigenvalue weighted by Crippen LogP contribution is 2.29. The number of urea groups is 1. The number of carbonyl (C=O) groups is 2. The van der Waals surface area contributed by atoms with Gasteiger partial charge in [-0.1, -0.05) is 25.1 Å². The predicted octanol–water partition coefficient (Wildman–Crippen LogP) is 5.90. The van der Waals surface area contributed by atoms with Gasteiger partial charge in [0.15, 0.2) is 11.5 Å². The third kappa shape index (κ3) is 7.28. The van der Waals surface area contributed by atoms with Gasteiger partial charge >= 0.3 is 6.03 Å². The maximum absolute atomic E-state index is 13.7. The summed E-state index contributed by atoms with van der Waals surface area (Å²) in [7, 11) is 3.23. The van der Waals surface area contributed by atoms with Gasteiger partial charge in [-0.3, -0.25) is 4.79 Å². The van der Waals surface area contributed by atoms with Crippen molar-refractivity contribution in [3.8, 4) is 11.5 Å². The maximum atomic E-state index is 13.7. The monoisotopic (exact) mass is 535 g/mol. The Morgan fingerprint density at radius 2 is 1.79 bits per heavy atom. The minimum Gasteiger partial charge on any atom is -0.493 e. The van der Waals surface area contributed by atoms with Gasteiger partial charge in [0.1, 0.15) is 6.54 Å². The highest BCUT2D eigenvalue weighted by molar-refractivity contribution is 7.11. The van der Waals surface area contributed by atoms with Crippen molar-refractivity contribution in [2.75, 3.05) is 32.6 Å². The Bertz CT molecular complexity index is 1250. The lowest BCUT2D eigenvalue weighted by molar-refractivity contribution is -0.132. The van der Waals surface area contributed by atoms with Crippen LogP contribution < -0.4 is 14.8 Å². The molecule has 0 aliphatic heterocycles. The van der Waals surface area contributed by atoms with E-state index in [1.165, 1.54) is 4.88 Å². The first-order valence-electron chi connectivity index (χ1n) is 13.1. The van der Waals surface area contributed by atoms with Crippen LogP contribution >= 0.6 is 11.3 Å². The molecule has 8 heteroatoms. The van der Waals surface area contributed by atoms with E-state index in [9.17, 15) is 9.59 Å². The van der Waals surface area contributed by atoms with E-state index in [2.05, 4.69) is 31.3 Å². The van der Waals surface area contributed by atoms with Gasteiger partial charge in [0, 0.05) is 28.0 Å². The molecule has 0 radical (unpaired) electrons. The third-order valence-electron chi connectivity index (χ3n) is 6.75. The van der Waals surface area contributed by atoms with Gasteiger partial charge < -0.3 is 24.6 Å². The molecule has 2 aromatic carbocycles. The zero-order valence-electron chi connectivity index (χ0n) is 22.7. The predicted molar refractivity (Wildman–Crippen MR) is 152 cm³/mol. The molecule has 7 nitrogen and oxygen atoms in total. The summed E-state index contributed by atoms with van der Waals surface area (Å²) in [6.45, 7) is 5.26. The Morgan fingerprint density at radius 3 is 2.45 bits per heavy atom. The largest absolute Gasteiger partial charge is 0.493 e. The Balaban J connectivity index is 1.47. The smallest absolute Gasteiger partial charge is 0.322 e. The molecule has 0 atom stereocenters. The topological polar surface area (TPSA) is 71.1 Å². The van der Waals surface area contributed by atoms with Gasteiger partial charge in [0.25, 0.3) is 0 Å². The fourth-order valence-electron chi connectivity index (χ4n) is 4.41. The van der Waals surface area contributed by atoms with Crippen molar-refractivity contribution in [3.05, 3.63) is 75.5 Å². The number of benzene rings is 2. The summed E-state index contributed by atoms with van der Waals surface area (Å²) in [5.41, 5.74) is 2.96. The van der Waals surface area contributed by atoms with E-state index < -0.39 is 0 Å². The average molecular weight is 536 g/mol. The number of methoxy groups -OCH3 is 2. The number of carbonyl (C=O) groups excluding carboxylic acids is 2. The molecule has 0 spiro atoms. The quantitative estimate of drug-likeness (QED) is 0.313. The lowest BCUT2D eigenvalue weighted by Gasteiger charge is -2.28. The number of ether oxygens (including phenoxy) is 2. The van der Waals surface area contributed by atoms with Crippen LogP contribution in [0.4, 0.5) is 10.5 Å². The standard InChI is InChI=1S/C30H37N3O4S/c1-5-22-7-6-8-24(17-22)31-30(35)33(25-11-12-25)20-29(34)32(19-26-13-9-21(2)38-26)16-15-23-10-14-27(36-3)28(18-23)37-4/h6-10,13-14,17-18,25H,5,11-12,15-16,19-20H2,1-4H3,(H,31,35). The first-order chi connectivity index (χ1) is 18.4. The second-order valence-electron chi connectivity index (χ2n) is 9.61. The number of aryl methyl sites for hydroxylation is 2. The summed E-state index contributed by atoms with van der Waals surface area (Å²) < 4.78 is 10.8. The number of nitrogens with zero attached hydrogens (tertiary/aromatic N) is 2. The molecule has 1 aliphatic carbocycles. The van der Waals surface area contributed by atoms with Crippen LogP contribution in [-0.4, -0.2) is 55.1 Å². The molecule has 1 heterocycles. The molecule has 0 saturated heterocycles. The maximum Gasteiger partial charge on any atom is 0.322 e. The fraction of sp³-hybridized carbons (Fsp3) is 0.400. The number of hydrogen-bond acceptors (Lipinski definition) is 5. The minimum atomic E-state index is -0.221. The molecule has 1 aliphatic rings. The summed E-state index contributed by atoms with van der Waals surface area (Å²) >= 11 is 1.69. The SMILES string of the molecule is CCc1cccc(NC(=O)N(CC(=O)N(CCc2ccc(OC)c(OC)c2)Cc2ccc(C)s2)C2CC2)c1. The van der Waals surface area contributed by atoms with Crippen LogP contribution in [0.3, 0.4) is 0 Å². The van der Waals surface area contributed by atoms with E-state index in [0.29, 0.717) is 31.0 Å². The van der Waals surface area contributed by atoms with Crippen LogP contribution in [0.2, 0.25) is 0 Å². The van der Waals surface area contributed by atoms with Crippen molar-refractivity contribution in [3.63, 3.8) is 0 Å². The van der Waals surface area contributed by atoms with E-state index in [4.69, 9.17) is 9.47 Å². The number of rotatable bonds is 12. The van der Waals surface area contributed by atoms with Crippen molar-refractivity contribution in [1.29, 1.82) is 0 Å². The highest BCUT2D eigenvalue weighted by atomic mass is 32.1. The van der Waals surface area contributed by atoms with Gasteiger partial charge in [-0.2, -0.15) is 0 Å². The molecule has 3 amide bonds. The van der Waals surface area contributed by atoms with Crippen LogP contribution in [-0.2, 0) is 24.2 Å². The van der Waals surface area contributed by atoms with Crippen molar-refractivity contribution >= 4 is 29.0 Å². The van der Waals surface area contributed by atoms with E-state index in [-0.39, 0.29) is 24.5 Å². The van der Waals surface area contributed by atoms with Crippen molar-refractivity contribution in [1.82, 2.24) is 9.80 Å². The molecular formula is C30H37N3O4S. The summed E-state index contributed by atoms with van der Waals surface area (Å²) in [5, 5.41) is 3.01. The molecule has 1 saturated carbocycles. The third-order valence-corrected chi connectivity index (χ3v) is 7.74. The summed E-state index contributed by atoms with van der Waals surface area (Å²) in [4.78, 5) is 32.8. The lowest BCUT2D eigenvalue weighted by Crippen LogP contribution is -2.45. The van der Waals surface area contributed by atoms with Gasteiger partial charge in [-0.25, -0.2) is 4.79 Å². The van der Waals surface area contributed by atoms with Crippen LogP contribution in [0.1, 0.15) is 40.6 Å². The minimum absolute atomic E-state index is 0.0547. The highest BCUT2D eigenvalue weighted by Gasteiger charge is 2.35. The number of anilines is 1. The molecule has 3 aromatic rings. The van der Waals surface area contributed by atoms with E-state index >= 15 is 0 Å². The second kappa shape index (κ2) is 12.8. The van der Waals surface area contributed by atoms with Crippen molar-refractivity contribution < 1.29 is 19.1 Å². The molecule has 38 heavy (non-hydrogen) atoms. The summed E-state index contributed by atoms with van der Waals surface area (Å²) in [6.07, 6.45) is 3.40. The Labute approximate surface area is 229 Å². The zero-order valence-corrected chi connectivity index (χ0v) is 23.5. The van der Waals surface area contributed by atoms with E-state index in [1.54, 1.807) is 30.5 Å². The summed E-state index contributed by atoms with van der Waals surface area (Å²) in [6, 6.07) is 17.7. The van der Waals surface area contributed by atoms with Crippen molar-refractivity contribution in [2.45, 2.75) is 52.1 Å². The van der Waals surface area contributed by atoms with Crippen LogP contribution in [0.5, 0.6) is 11.5 Å². The van der Waals surface area contributed by atoms with Crippen LogP contribution in [0.25, 0.3) is 0 Å². The molecule has 0 unspecified atom stereocenters. The van der Waals surface area contributed by atoms with Gasteiger partial charge in [-0.15, -0.1) is 11.3 Å². The Morgan fingerprint density at radius 1 is 1.00 bits per heavy atom. The van der Waals surface area contributed by atoms with Gasteiger partial charge in [0.2, 0.25) is 5.91 Å². The Kier molecular flexibility index (Phi) is 9.29. The van der Waals surface area contributed by atoms with E-state index in [1.807, 2.05) is 47.4 Å². The molecular weight excluding hydrogens is 498 g/mol. The molecule has 1 aromatic heterocycles. The van der Waals surface area contributed by atoms with Gasteiger partial charge in [0.05, 0.1) is 20.8 Å². The number of hydrogen-bond donors (Lipinski definition) is 1. The number of nitrogens with one attached hydrogen (secondary N) is 1. The number of thiophene rings is 1. The van der Waals surface area contributed by atoms with Crippen LogP contribution in [0.15, 0.2) is 54.6 Å². The molecule has 1 N–H and O–H groups in total. The van der Waals surface area contributed by atoms with Crippen LogP contribution in [0, 0.1) is 6.92 Å². The van der Waals surface area contributed by atoms with Gasteiger partial charge in [-0.05, 0) is 80.1 Å². The summed E-state index contributed by atoms with van der Waals surface area (Å²) in [5.74, 6) is 1.29. The normalized spacial score (nSPS) is 12.6. The zero-order chi connectivity index (χ0) is 27.1. The molecule has 4 rings (SSSR count). The van der Waals surface area contributed by atoms with Crippen molar-refractivity contribution in [2.24, 2.45) is 0 Å². The average Bonchev–Trinajstić information content (AvgIpc) is 3.69. The fourth-order valence-corrected chi connectivity index (χ4v) is 5.32. The number of amides is 3. The molecule has 202 valence electrons.